The van der Waals surface area contributed by atoms with Gasteiger partial charge in [0.15, 0.2) is 0 Å². The van der Waals surface area contributed by atoms with Crippen molar-refractivity contribution in [3.8, 4) is 5.75 Å². The zero-order valence-electron chi connectivity index (χ0n) is 12.8. The fraction of sp³-hybridized carbons (Fsp3) is 0.294. The maximum Gasteiger partial charge on any atom is 0.227 e. The predicted molar refractivity (Wildman–Crippen MR) is 84.0 cm³/mol. The van der Waals surface area contributed by atoms with Gasteiger partial charge in [0.2, 0.25) is 11.8 Å². The third-order valence-electron chi connectivity index (χ3n) is 3.90. The fourth-order valence-electron chi connectivity index (χ4n) is 2.63. The van der Waals surface area contributed by atoms with E-state index in [1.54, 1.807) is 42.5 Å². The Morgan fingerprint density at radius 2 is 2.13 bits per heavy atom. The summed E-state index contributed by atoms with van der Waals surface area (Å²) in [5.74, 6) is 0.890. The molecule has 1 aliphatic rings. The summed E-state index contributed by atoms with van der Waals surface area (Å²) >= 11 is 0. The van der Waals surface area contributed by atoms with Crippen LogP contribution in [0.5, 0.6) is 5.75 Å². The number of nitrogens with zero attached hydrogens (tertiary/aromatic N) is 1. The van der Waals surface area contributed by atoms with Crippen molar-refractivity contribution >= 4 is 17.5 Å². The quantitative estimate of drug-likeness (QED) is 0.916. The Morgan fingerprint density at radius 1 is 1.35 bits per heavy atom. The van der Waals surface area contributed by atoms with Gasteiger partial charge in [-0.3, -0.25) is 9.59 Å². The van der Waals surface area contributed by atoms with Gasteiger partial charge in [0.1, 0.15) is 11.5 Å². The summed E-state index contributed by atoms with van der Waals surface area (Å²) in [5.41, 5.74) is 0.775. The standard InChI is InChI=1S/C17H18N2O4/c1-22-14-6-4-13(5-7-14)19-11-12(9-16(19)20)17(21)18-10-15-3-2-8-23-15/h2-8,12H,9-11H2,1H3,(H,18,21). The number of methoxy groups -OCH3 is 1. The molecule has 120 valence electrons. The summed E-state index contributed by atoms with van der Waals surface area (Å²) < 4.78 is 10.3. The average molecular weight is 314 g/mol. The molecule has 1 atom stereocenters. The van der Waals surface area contributed by atoms with Crippen LogP contribution in [-0.4, -0.2) is 25.5 Å². The van der Waals surface area contributed by atoms with Gasteiger partial charge in [-0.25, -0.2) is 0 Å². The summed E-state index contributed by atoms with van der Waals surface area (Å²) in [6.07, 6.45) is 1.78. The molecule has 1 aliphatic heterocycles. The number of amides is 2. The van der Waals surface area contributed by atoms with Gasteiger partial charge in [-0.2, -0.15) is 0 Å². The van der Waals surface area contributed by atoms with Crippen molar-refractivity contribution in [1.29, 1.82) is 0 Å². The highest BCUT2D eigenvalue weighted by Gasteiger charge is 2.35. The highest BCUT2D eigenvalue weighted by molar-refractivity contribution is 6.00. The van der Waals surface area contributed by atoms with Gasteiger partial charge in [-0.1, -0.05) is 0 Å². The van der Waals surface area contributed by atoms with Crippen LogP contribution in [0.15, 0.2) is 47.1 Å². The number of hydrogen-bond acceptors (Lipinski definition) is 4. The Morgan fingerprint density at radius 3 is 2.78 bits per heavy atom. The van der Waals surface area contributed by atoms with Crippen molar-refractivity contribution in [3.63, 3.8) is 0 Å². The van der Waals surface area contributed by atoms with Gasteiger partial charge in [-0.05, 0) is 36.4 Å². The third-order valence-corrected chi connectivity index (χ3v) is 3.90. The summed E-state index contributed by atoms with van der Waals surface area (Å²) in [5, 5.41) is 2.81. The Hall–Kier alpha value is -2.76. The molecule has 6 heteroatoms. The normalized spacial score (nSPS) is 17.3. The van der Waals surface area contributed by atoms with Gasteiger partial charge >= 0.3 is 0 Å². The Bertz CT molecular complexity index is 679. The Labute approximate surface area is 134 Å². The van der Waals surface area contributed by atoms with Crippen LogP contribution in [0, 0.1) is 5.92 Å². The molecule has 2 aromatic rings. The molecule has 0 bridgehead atoms. The molecule has 0 spiro atoms. The first kappa shape index (κ1) is 15.1. The van der Waals surface area contributed by atoms with Gasteiger partial charge in [0, 0.05) is 18.7 Å². The average Bonchev–Trinajstić information content (AvgIpc) is 3.22. The third kappa shape index (κ3) is 3.36. The minimum absolute atomic E-state index is 0.0479. The number of ether oxygens (including phenoxy) is 1. The molecule has 2 amide bonds. The molecule has 1 saturated heterocycles. The first-order valence-electron chi connectivity index (χ1n) is 7.42. The number of carbonyl (C=O) groups is 2. The van der Waals surface area contributed by atoms with Gasteiger partial charge in [0.05, 0.1) is 25.8 Å². The number of rotatable bonds is 5. The summed E-state index contributed by atoms with van der Waals surface area (Å²) in [4.78, 5) is 26.0. The van der Waals surface area contributed by atoms with Crippen molar-refractivity contribution in [1.82, 2.24) is 5.32 Å². The van der Waals surface area contributed by atoms with Crippen LogP contribution in [0.3, 0.4) is 0 Å². The van der Waals surface area contributed by atoms with Crippen LogP contribution >= 0.6 is 0 Å². The van der Waals surface area contributed by atoms with E-state index in [2.05, 4.69) is 5.32 Å². The van der Waals surface area contributed by atoms with Gasteiger partial charge in [-0.15, -0.1) is 0 Å². The smallest absolute Gasteiger partial charge is 0.227 e. The molecule has 1 fully saturated rings. The number of carbonyl (C=O) groups excluding carboxylic acids is 2. The van der Waals surface area contributed by atoms with E-state index >= 15 is 0 Å². The van der Waals surface area contributed by atoms with E-state index in [1.165, 1.54) is 0 Å². The van der Waals surface area contributed by atoms with Crippen LogP contribution in [0.25, 0.3) is 0 Å². The fourth-order valence-corrected chi connectivity index (χ4v) is 2.63. The van der Waals surface area contributed by atoms with Crippen LogP contribution in [-0.2, 0) is 16.1 Å². The molecule has 23 heavy (non-hydrogen) atoms. The monoisotopic (exact) mass is 314 g/mol. The maximum atomic E-state index is 12.2. The lowest BCUT2D eigenvalue weighted by molar-refractivity contribution is -0.126. The Kier molecular flexibility index (Phi) is 4.32. The molecule has 6 nitrogen and oxygen atoms in total. The lowest BCUT2D eigenvalue weighted by Crippen LogP contribution is -2.32. The second-order valence-corrected chi connectivity index (χ2v) is 5.40. The van der Waals surface area contributed by atoms with E-state index in [-0.39, 0.29) is 24.2 Å². The molecule has 1 N–H and O–H groups in total. The second-order valence-electron chi connectivity index (χ2n) is 5.40. The van der Waals surface area contributed by atoms with Crippen LogP contribution in [0.1, 0.15) is 12.2 Å². The molecule has 1 aromatic heterocycles. The van der Waals surface area contributed by atoms with Crippen molar-refractivity contribution in [2.45, 2.75) is 13.0 Å². The summed E-state index contributed by atoms with van der Waals surface area (Å²) in [7, 11) is 1.59. The minimum atomic E-state index is -0.348. The van der Waals surface area contributed by atoms with Crippen LogP contribution in [0.2, 0.25) is 0 Å². The number of benzene rings is 1. The van der Waals surface area contributed by atoms with Crippen molar-refractivity contribution < 1.29 is 18.7 Å². The largest absolute Gasteiger partial charge is 0.497 e. The first-order valence-corrected chi connectivity index (χ1v) is 7.42. The van der Waals surface area contributed by atoms with Crippen molar-refractivity contribution in [3.05, 3.63) is 48.4 Å². The lowest BCUT2D eigenvalue weighted by Gasteiger charge is -2.17. The molecular formula is C17H18N2O4. The molecule has 0 saturated carbocycles. The topological polar surface area (TPSA) is 71.8 Å². The molecule has 0 aliphatic carbocycles. The molecule has 1 unspecified atom stereocenters. The highest BCUT2D eigenvalue weighted by Crippen LogP contribution is 2.26. The number of anilines is 1. The van der Waals surface area contributed by atoms with E-state index in [0.717, 1.165) is 11.4 Å². The predicted octanol–water partition coefficient (Wildman–Crippen LogP) is 1.96. The molecule has 2 heterocycles. The van der Waals surface area contributed by atoms with Gasteiger partial charge in [0.25, 0.3) is 0 Å². The molecular weight excluding hydrogens is 296 g/mol. The first-order chi connectivity index (χ1) is 11.2. The number of hydrogen-bond donors (Lipinski definition) is 1. The van der Waals surface area contributed by atoms with Crippen LogP contribution < -0.4 is 15.0 Å². The van der Waals surface area contributed by atoms with Crippen LogP contribution in [0.4, 0.5) is 5.69 Å². The van der Waals surface area contributed by atoms with E-state index < -0.39 is 0 Å². The maximum absolute atomic E-state index is 12.2. The SMILES string of the molecule is COc1ccc(N2CC(C(=O)NCc3ccco3)CC2=O)cc1. The second kappa shape index (κ2) is 6.56. The van der Waals surface area contributed by atoms with E-state index in [0.29, 0.717) is 18.8 Å². The zero-order valence-corrected chi connectivity index (χ0v) is 12.8. The molecule has 3 rings (SSSR count). The minimum Gasteiger partial charge on any atom is -0.497 e. The van der Waals surface area contributed by atoms with Gasteiger partial charge < -0.3 is 19.4 Å². The summed E-state index contributed by atoms with van der Waals surface area (Å²) in [6, 6.07) is 10.8. The van der Waals surface area contributed by atoms with E-state index in [1.807, 2.05) is 12.1 Å². The molecule has 1 aromatic carbocycles. The van der Waals surface area contributed by atoms with E-state index in [4.69, 9.17) is 9.15 Å². The lowest BCUT2D eigenvalue weighted by atomic mass is 10.1. The summed E-state index contributed by atoms with van der Waals surface area (Å²) in [6.45, 7) is 0.716. The zero-order chi connectivity index (χ0) is 16.2. The van der Waals surface area contributed by atoms with Crippen molar-refractivity contribution in [2.75, 3.05) is 18.6 Å². The van der Waals surface area contributed by atoms with Crippen molar-refractivity contribution in [2.24, 2.45) is 5.92 Å². The number of furan rings is 1. The highest BCUT2D eigenvalue weighted by atomic mass is 16.5. The molecule has 0 radical (unpaired) electrons. The van der Waals surface area contributed by atoms with E-state index in [9.17, 15) is 9.59 Å². The number of nitrogens with one attached hydrogen (secondary N) is 1. The Balaban J connectivity index is 1.60.